The molecule has 0 unspecified atom stereocenters. The van der Waals surface area contributed by atoms with Crippen molar-refractivity contribution in [2.45, 2.75) is 0 Å². The van der Waals surface area contributed by atoms with Crippen molar-refractivity contribution in [1.29, 1.82) is 0 Å². The van der Waals surface area contributed by atoms with Gasteiger partial charge < -0.3 is 4.74 Å². The molecule has 0 aliphatic heterocycles. The SMILES string of the molecule is COC.FC(F)=C(F)S. The Balaban J connectivity index is 0. The molecule has 0 aliphatic rings. The Hall–Kier alpha value is -0.160. The van der Waals surface area contributed by atoms with Gasteiger partial charge in [-0.05, 0) is 0 Å². The summed E-state index contributed by atoms with van der Waals surface area (Å²) in [5, 5.41) is -1.71. The number of rotatable bonds is 0. The monoisotopic (exact) mass is 160 g/mol. The van der Waals surface area contributed by atoms with Crippen molar-refractivity contribution in [2.24, 2.45) is 0 Å². The van der Waals surface area contributed by atoms with Crippen molar-refractivity contribution in [1.82, 2.24) is 0 Å². The van der Waals surface area contributed by atoms with Gasteiger partial charge in [-0.2, -0.15) is 13.2 Å². The highest BCUT2D eigenvalue weighted by molar-refractivity contribution is 7.84. The Bertz CT molecular complexity index is 75.8. The van der Waals surface area contributed by atoms with Gasteiger partial charge in [-0.15, -0.1) is 12.6 Å². The summed E-state index contributed by atoms with van der Waals surface area (Å²) in [6.45, 7) is 0. The Kier molecular flexibility index (Phi) is 10.1. The van der Waals surface area contributed by atoms with Crippen molar-refractivity contribution in [2.75, 3.05) is 14.2 Å². The normalized spacial score (nSPS) is 7.33. The van der Waals surface area contributed by atoms with Gasteiger partial charge in [0.25, 0.3) is 0 Å². The third-order valence-electron chi connectivity index (χ3n) is 0.156. The van der Waals surface area contributed by atoms with Gasteiger partial charge in [-0.25, -0.2) is 0 Å². The summed E-state index contributed by atoms with van der Waals surface area (Å²) in [6.07, 6.45) is -2.38. The molecule has 0 saturated heterocycles. The van der Waals surface area contributed by atoms with E-state index < -0.39 is 11.2 Å². The fourth-order valence-electron chi connectivity index (χ4n) is 0. The van der Waals surface area contributed by atoms with Gasteiger partial charge in [0.1, 0.15) is 0 Å². The number of hydrogen-bond donors (Lipinski definition) is 1. The summed E-state index contributed by atoms with van der Waals surface area (Å²) in [5.74, 6) is 0. The molecule has 0 rings (SSSR count). The molecule has 0 heterocycles. The molecule has 0 bridgehead atoms. The number of hydrogen-bond acceptors (Lipinski definition) is 2. The van der Waals surface area contributed by atoms with Crippen molar-refractivity contribution in [3.05, 3.63) is 11.2 Å². The number of methoxy groups -OCH3 is 1. The van der Waals surface area contributed by atoms with E-state index in [1.807, 2.05) is 0 Å². The minimum Gasteiger partial charge on any atom is -0.388 e. The van der Waals surface area contributed by atoms with E-state index in [0.717, 1.165) is 0 Å². The van der Waals surface area contributed by atoms with Crippen LogP contribution in [0, 0.1) is 0 Å². The lowest BCUT2D eigenvalue weighted by molar-refractivity contribution is 0.277. The largest absolute Gasteiger partial charge is 0.388 e. The fourth-order valence-corrected chi connectivity index (χ4v) is 0. The average Bonchev–Trinajstić information content (AvgIpc) is 1.68. The van der Waals surface area contributed by atoms with E-state index >= 15 is 0 Å². The predicted molar refractivity (Wildman–Crippen MR) is 32.3 cm³/mol. The first-order valence-corrected chi connectivity index (χ1v) is 2.30. The van der Waals surface area contributed by atoms with Crippen LogP contribution in [0.4, 0.5) is 13.2 Å². The highest BCUT2D eigenvalue weighted by atomic mass is 32.1. The molecule has 0 saturated carbocycles. The van der Waals surface area contributed by atoms with Crippen molar-refractivity contribution in [3.8, 4) is 0 Å². The van der Waals surface area contributed by atoms with Crippen LogP contribution in [0.5, 0.6) is 0 Å². The highest BCUT2D eigenvalue weighted by Gasteiger charge is 1.93. The number of thiol groups is 1. The minimum absolute atomic E-state index is 1.62. The lowest BCUT2D eigenvalue weighted by atomic mass is 11.1. The van der Waals surface area contributed by atoms with Gasteiger partial charge in [-0.1, -0.05) is 0 Å². The van der Waals surface area contributed by atoms with E-state index in [-0.39, 0.29) is 0 Å². The maximum absolute atomic E-state index is 10.8. The Morgan fingerprint density at radius 1 is 1.22 bits per heavy atom. The van der Waals surface area contributed by atoms with Crippen LogP contribution in [0.15, 0.2) is 11.2 Å². The molecular formula is C4H7F3OS. The summed E-state index contributed by atoms with van der Waals surface area (Å²) in [5.41, 5.74) is 0. The second kappa shape index (κ2) is 7.84. The fraction of sp³-hybridized carbons (Fsp3) is 0.500. The smallest absolute Gasteiger partial charge is 0.312 e. The molecule has 56 valence electrons. The standard InChI is InChI=1S/C2HF3S.C2H6O/c3-1(4)2(5)6;1-3-2/h6H;1-2H3. The van der Waals surface area contributed by atoms with Crippen LogP contribution in [0.2, 0.25) is 0 Å². The molecule has 0 N–H and O–H groups in total. The van der Waals surface area contributed by atoms with Gasteiger partial charge in [0, 0.05) is 14.2 Å². The second-order valence-corrected chi connectivity index (χ2v) is 1.35. The first kappa shape index (κ1) is 11.6. The van der Waals surface area contributed by atoms with Crippen molar-refractivity contribution in [3.63, 3.8) is 0 Å². The third kappa shape index (κ3) is 18.1. The first-order valence-electron chi connectivity index (χ1n) is 1.86. The van der Waals surface area contributed by atoms with Crippen LogP contribution in [-0.4, -0.2) is 14.2 Å². The van der Waals surface area contributed by atoms with Crippen LogP contribution >= 0.6 is 12.6 Å². The summed E-state index contributed by atoms with van der Waals surface area (Å²) in [6, 6.07) is 0. The zero-order valence-corrected chi connectivity index (χ0v) is 5.88. The summed E-state index contributed by atoms with van der Waals surface area (Å²) in [7, 11) is 3.25. The molecule has 1 nitrogen and oxygen atoms in total. The second-order valence-electron chi connectivity index (χ2n) is 0.959. The highest BCUT2D eigenvalue weighted by Crippen LogP contribution is 2.10. The Morgan fingerprint density at radius 3 is 1.33 bits per heavy atom. The summed E-state index contributed by atoms with van der Waals surface area (Å²) in [4.78, 5) is 0. The summed E-state index contributed by atoms with van der Waals surface area (Å²) >= 11 is 2.66. The number of ether oxygens (including phenoxy) is 1. The van der Waals surface area contributed by atoms with Crippen LogP contribution in [0.25, 0.3) is 0 Å². The van der Waals surface area contributed by atoms with Gasteiger partial charge in [0.05, 0.1) is 0 Å². The Labute approximate surface area is 56.9 Å². The van der Waals surface area contributed by atoms with Gasteiger partial charge in [-0.3, -0.25) is 0 Å². The topological polar surface area (TPSA) is 9.23 Å². The van der Waals surface area contributed by atoms with E-state index in [4.69, 9.17) is 0 Å². The van der Waals surface area contributed by atoms with Gasteiger partial charge >= 0.3 is 6.08 Å². The molecule has 5 heteroatoms. The van der Waals surface area contributed by atoms with E-state index in [0.29, 0.717) is 0 Å². The molecule has 0 fully saturated rings. The maximum Gasteiger partial charge on any atom is 0.312 e. The Morgan fingerprint density at radius 2 is 1.33 bits per heavy atom. The average molecular weight is 160 g/mol. The third-order valence-corrected chi connectivity index (χ3v) is 0.325. The molecular weight excluding hydrogens is 153 g/mol. The van der Waals surface area contributed by atoms with Gasteiger partial charge in [0.15, 0.2) is 0 Å². The molecule has 0 aromatic heterocycles. The number of halogens is 3. The molecule has 0 aromatic carbocycles. The van der Waals surface area contributed by atoms with Crippen molar-refractivity contribution < 1.29 is 17.9 Å². The van der Waals surface area contributed by atoms with E-state index in [9.17, 15) is 13.2 Å². The molecule has 0 aromatic rings. The summed E-state index contributed by atoms with van der Waals surface area (Å²) < 4.78 is 36.2. The molecule has 0 atom stereocenters. The lowest BCUT2D eigenvalue weighted by Crippen LogP contribution is -1.55. The van der Waals surface area contributed by atoms with E-state index in [2.05, 4.69) is 17.4 Å². The molecule has 9 heavy (non-hydrogen) atoms. The first-order chi connectivity index (χ1) is 4.06. The quantitative estimate of drug-likeness (QED) is 0.534. The minimum atomic E-state index is -2.38. The zero-order chi connectivity index (χ0) is 7.86. The van der Waals surface area contributed by atoms with Crippen molar-refractivity contribution >= 4 is 12.6 Å². The molecule has 0 aliphatic carbocycles. The molecule has 0 amide bonds. The van der Waals surface area contributed by atoms with Crippen LogP contribution in [0.3, 0.4) is 0 Å². The van der Waals surface area contributed by atoms with Crippen LogP contribution < -0.4 is 0 Å². The molecule has 0 radical (unpaired) electrons. The zero-order valence-electron chi connectivity index (χ0n) is 4.99. The predicted octanol–water partition coefficient (Wildman–Crippen LogP) is 2.21. The van der Waals surface area contributed by atoms with E-state index in [1.54, 1.807) is 14.2 Å². The lowest BCUT2D eigenvalue weighted by Gasteiger charge is -1.72. The maximum atomic E-state index is 10.8. The molecule has 0 spiro atoms. The van der Waals surface area contributed by atoms with Crippen LogP contribution in [-0.2, 0) is 4.74 Å². The van der Waals surface area contributed by atoms with E-state index in [1.165, 1.54) is 0 Å². The van der Waals surface area contributed by atoms with Crippen LogP contribution in [0.1, 0.15) is 0 Å². The van der Waals surface area contributed by atoms with Gasteiger partial charge in [0.2, 0.25) is 5.16 Å².